The molecule has 1 heterocycles. The van der Waals surface area contributed by atoms with Gasteiger partial charge in [0.2, 0.25) is 0 Å². The predicted molar refractivity (Wildman–Crippen MR) is 71.5 cm³/mol. The van der Waals surface area contributed by atoms with E-state index in [0.717, 1.165) is 6.54 Å². The Labute approximate surface area is 109 Å². The maximum atomic E-state index is 8.96. The number of ether oxygens (including phenoxy) is 1. The van der Waals surface area contributed by atoms with Crippen molar-refractivity contribution in [3.05, 3.63) is 29.3 Å². The number of benzene rings is 1. The Kier molecular flexibility index (Phi) is 4.60. The first-order valence-corrected chi connectivity index (χ1v) is 6.63. The van der Waals surface area contributed by atoms with Gasteiger partial charge in [-0.3, -0.25) is 4.90 Å². The summed E-state index contributed by atoms with van der Waals surface area (Å²) in [7, 11) is 1.62. The van der Waals surface area contributed by atoms with E-state index in [1.807, 2.05) is 18.2 Å². The monoisotopic (exact) mass is 244 g/mol. The lowest BCUT2D eigenvalue weighted by Crippen LogP contribution is -2.23. The molecule has 2 rings (SSSR count). The molecule has 1 aromatic rings. The molecule has 1 fully saturated rings. The SMILES string of the molecule is COc1cc(CN2CCCCCC2)ccc1C#N. The number of rotatable bonds is 3. The Balaban J connectivity index is 2.06. The van der Waals surface area contributed by atoms with E-state index >= 15 is 0 Å². The van der Waals surface area contributed by atoms with Crippen LogP contribution in [0.15, 0.2) is 18.2 Å². The Morgan fingerprint density at radius 3 is 2.56 bits per heavy atom. The molecule has 0 radical (unpaired) electrons. The lowest BCUT2D eigenvalue weighted by atomic mass is 10.1. The van der Waals surface area contributed by atoms with Gasteiger partial charge in [0.15, 0.2) is 0 Å². The highest BCUT2D eigenvalue weighted by Crippen LogP contribution is 2.21. The molecule has 1 aliphatic rings. The number of likely N-dealkylation sites (tertiary alicyclic amines) is 1. The van der Waals surface area contributed by atoms with Crippen LogP contribution in [0, 0.1) is 11.3 Å². The highest BCUT2D eigenvalue weighted by atomic mass is 16.5. The molecule has 1 aliphatic heterocycles. The van der Waals surface area contributed by atoms with Crippen molar-refractivity contribution >= 4 is 0 Å². The van der Waals surface area contributed by atoms with Gasteiger partial charge in [-0.1, -0.05) is 18.9 Å². The number of nitriles is 1. The quantitative estimate of drug-likeness (QED) is 0.820. The predicted octanol–water partition coefficient (Wildman–Crippen LogP) is 2.94. The maximum Gasteiger partial charge on any atom is 0.136 e. The zero-order valence-corrected chi connectivity index (χ0v) is 11.0. The molecule has 1 aromatic carbocycles. The van der Waals surface area contributed by atoms with E-state index in [-0.39, 0.29) is 0 Å². The molecule has 3 heteroatoms. The van der Waals surface area contributed by atoms with Crippen LogP contribution < -0.4 is 4.74 Å². The molecule has 0 spiro atoms. The van der Waals surface area contributed by atoms with Gasteiger partial charge >= 0.3 is 0 Å². The summed E-state index contributed by atoms with van der Waals surface area (Å²) < 4.78 is 5.25. The molecule has 0 aromatic heterocycles. The van der Waals surface area contributed by atoms with Crippen LogP contribution in [0.3, 0.4) is 0 Å². The fourth-order valence-electron chi connectivity index (χ4n) is 2.48. The molecule has 96 valence electrons. The highest BCUT2D eigenvalue weighted by molar-refractivity contribution is 5.45. The van der Waals surface area contributed by atoms with Crippen molar-refractivity contribution in [1.82, 2.24) is 4.90 Å². The molecular weight excluding hydrogens is 224 g/mol. The lowest BCUT2D eigenvalue weighted by molar-refractivity contribution is 0.276. The minimum Gasteiger partial charge on any atom is -0.495 e. The zero-order chi connectivity index (χ0) is 12.8. The maximum absolute atomic E-state index is 8.96. The van der Waals surface area contributed by atoms with Crippen LogP contribution in [-0.4, -0.2) is 25.1 Å². The summed E-state index contributed by atoms with van der Waals surface area (Å²) in [5.74, 6) is 0.685. The number of nitrogens with zero attached hydrogens (tertiary/aromatic N) is 2. The first-order chi connectivity index (χ1) is 8.83. The van der Waals surface area contributed by atoms with Crippen LogP contribution >= 0.6 is 0 Å². The van der Waals surface area contributed by atoms with Gasteiger partial charge in [0.25, 0.3) is 0 Å². The van der Waals surface area contributed by atoms with E-state index in [4.69, 9.17) is 10.00 Å². The second-order valence-corrected chi connectivity index (χ2v) is 4.84. The third-order valence-electron chi connectivity index (χ3n) is 3.49. The molecule has 3 nitrogen and oxygen atoms in total. The Hall–Kier alpha value is -1.53. The van der Waals surface area contributed by atoms with Crippen molar-refractivity contribution in [3.8, 4) is 11.8 Å². The topological polar surface area (TPSA) is 36.3 Å². The van der Waals surface area contributed by atoms with Crippen molar-refractivity contribution in [2.24, 2.45) is 0 Å². The van der Waals surface area contributed by atoms with E-state index in [0.29, 0.717) is 11.3 Å². The molecule has 0 bridgehead atoms. The van der Waals surface area contributed by atoms with Crippen molar-refractivity contribution in [2.75, 3.05) is 20.2 Å². The second-order valence-electron chi connectivity index (χ2n) is 4.84. The average Bonchev–Trinajstić information content (AvgIpc) is 2.67. The molecule has 0 amide bonds. The first kappa shape index (κ1) is 12.9. The smallest absolute Gasteiger partial charge is 0.136 e. The third-order valence-corrected chi connectivity index (χ3v) is 3.49. The summed E-state index contributed by atoms with van der Waals surface area (Å²) in [5, 5.41) is 8.96. The van der Waals surface area contributed by atoms with Crippen LogP contribution in [0.2, 0.25) is 0 Å². The molecule has 0 aliphatic carbocycles. The van der Waals surface area contributed by atoms with E-state index in [1.165, 1.54) is 44.3 Å². The van der Waals surface area contributed by atoms with Gasteiger partial charge in [-0.15, -0.1) is 0 Å². The Bertz CT molecular complexity index is 429. The van der Waals surface area contributed by atoms with E-state index in [2.05, 4.69) is 11.0 Å². The normalized spacial score (nSPS) is 16.9. The summed E-state index contributed by atoms with van der Waals surface area (Å²) in [4.78, 5) is 2.49. The van der Waals surface area contributed by atoms with Crippen LogP contribution in [0.25, 0.3) is 0 Å². The minimum atomic E-state index is 0.608. The van der Waals surface area contributed by atoms with Gasteiger partial charge in [0.1, 0.15) is 11.8 Å². The van der Waals surface area contributed by atoms with Crippen LogP contribution in [0.5, 0.6) is 5.75 Å². The molecule has 1 saturated heterocycles. The lowest BCUT2D eigenvalue weighted by Gasteiger charge is -2.20. The molecule has 0 atom stereocenters. The summed E-state index contributed by atoms with van der Waals surface area (Å²) in [6.07, 6.45) is 5.31. The van der Waals surface area contributed by atoms with Crippen LogP contribution in [-0.2, 0) is 6.54 Å². The Morgan fingerprint density at radius 1 is 1.22 bits per heavy atom. The summed E-state index contributed by atoms with van der Waals surface area (Å²) in [6.45, 7) is 3.33. The van der Waals surface area contributed by atoms with Crippen molar-refractivity contribution < 1.29 is 4.74 Å². The summed E-state index contributed by atoms with van der Waals surface area (Å²) in [5.41, 5.74) is 1.84. The van der Waals surface area contributed by atoms with Gasteiger partial charge in [-0.2, -0.15) is 5.26 Å². The largest absolute Gasteiger partial charge is 0.495 e. The van der Waals surface area contributed by atoms with Gasteiger partial charge in [-0.05, 0) is 43.6 Å². The van der Waals surface area contributed by atoms with Gasteiger partial charge in [0, 0.05) is 6.54 Å². The minimum absolute atomic E-state index is 0.608. The third kappa shape index (κ3) is 3.24. The fourth-order valence-corrected chi connectivity index (χ4v) is 2.48. The number of methoxy groups -OCH3 is 1. The fraction of sp³-hybridized carbons (Fsp3) is 0.533. The Morgan fingerprint density at radius 2 is 1.94 bits per heavy atom. The summed E-state index contributed by atoms with van der Waals surface area (Å²) >= 11 is 0. The van der Waals surface area contributed by atoms with Crippen molar-refractivity contribution in [2.45, 2.75) is 32.2 Å². The van der Waals surface area contributed by atoms with Crippen LogP contribution in [0.4, 0.5) is 0 Å². The standard InChI is InChI=1S/C15H20N2O/c1-18-15-10-13(6-7-14(15)11-16)12-17-8-4-2-3-5-9-17/h6-7,10H,2-5,8-9,12H2,1H3. The van der Waals surface area contributed by atoms with Crippen LogP contribution in [0.1, 0.15) is 36.8 Å². The molecule has 0 N–H and O–H groups in total. The van der Waals surface area contributed by atoms with E-state index < -0.39 is 0 Å². The second kappa shape index (κ2) is 6.42. The molecule has 0 unspecified atom stereocenters. The highest BCUT2D eigenvalue weighted by Gasteiger charge is 2.11. The molecular formula is C15H20N2O. The van der Waals surface area contributed by atoms with E-state index in [1.54, 1.807) is 7.11 Å². The number of hydrogen-bond acceptors (Lipinski definition) is 3. The average molecular weight is 244 g/mol. The molecule has 0 saturated carbocycles. The molecule has 18 heavy (non-hydrogen) atoms. The van der Waals surface area contributed by atoms with E-state index in [9.17, 15) is 0 Å². The van der Waals surface area contributed by atoms with Crippen molar-refractivity contribution in [3.63, 3.8) is 0 Å². The summed E-state index contributed by atoms with van der Waals surface area (Å²) in [6, 6.07) is 8.03. The van der Waals surface area contributed by atoms with Crippen molar-refractivity contribution in [1.29, 1.82) is 5.26 Å². The number of hydrogen-bond donors (Lipinski definition) is 0. The zero-order valence-electron chi connectivity index (χ0n) is 11.0. The van der Waals surface area contributed by atoms with Gasteiger partial charge in [-0.25, -0.2) is 0 Å². The van der Waals surface area contributed by atoms with Gasteiger partial charge < -0.3 is 4.74 Å². The first-order valence-electron chi connectivity index (χ1n) is 6.63. The van der Waals surface area contributed by atoms with Gasteiger partial charge in [0.05, 0.1) is 12.7 Å².